The molecule has 1 aliphatic heterocycles. The van der Waals surface area contributed by atoms with Gasteiger partial charge in [-0.3, -0.25) is 0 Å². The molecule has 1 aromatic carbocycles. The summed E-state index contributed by atoms with van der Waals surface area (Å²) in [5.41, 5.74) is 2.68. The molecule has 18 heavy (non-hydrogen) atoms. The lowest BCUT2D eigenvalue weighted by molar-refractivity contribution is 0.314. The first-order valence-corrected chi connectivity index (χ1v) is 7.22. The van der Waals surface area contributed by atoms with Gasteiger partial charge in [0.15, 0.2) is 0 Å². The van der Waals surface area contributed by atoms with E-state index >= 15 is 0 Å². The smallest absolute Gasteiger partial charge is 0.122 e. The van der Waals surface area contributed by atoms with Crippen molar-refractivity contribution in [3.05, 3.63) is 29.3 Å². The standard InChI is InChI=1S/C16H25NO/c1-3-10-18-16-12-15(5-4-13(16)2)11-14-6-8-17-9-7-14/h4-5,12,14,17H,3,6-11H2,1-2H3. The minimum Gasteiger partial charge on any atom is -0.493 e. The van der Waals surface area contributed by atoms with Gasteiger partial charge < -0.3 is 10.1 Å². The van der Waals surface area contributed by atoms with E-state index in [9.17, 15) is 0 Å². The van der Waals surface area contributed by atoms with Crippen molar-refractivity contribution in [3.8, 4) is 5.75 Å². The third kappa shape index (κ3) is 3.74. The highest BCUT2D eigenvalue weighted by molar-refractivity contribution is 5.36. The molecule has 2 nitrogen and oxygen atoms in total. The average molecular weight is 247 g/mol. The molecule has 0 aliphatic carbocycles. The van der Waals surface area contributed by atoms with E-state index in [0.29, 0.717) is 0 Å². The van der Waals surface area contributed by atoms with Crippen LogP contribution in [-0.2, 0) is 6.42 Å². The van der Waals surface area contributed by atoms with Crippen LogP contribution in [0.15, 0.2) is 18.2 Å². The highest BCUT2D eigenvalue weighted by atomic mass is 16.5. The molecule has 1 aliphatic rings. The highest BCUT2D eigenvalue weighted by Crippen LogP contribution is 2.24. The fraction of sp³-hybridized carbons (Fsp3) is 0.625. The summed E-state index contributed by atoms with van der Waals surface area (Å²) in [6.07, 6.45) is 4.88. The predicted octanol–water partition coefficient (Wildman–Crippen LogP) is 3.33. The molecule has 1 heterocycles. The first kappa shape index (κ1) is 13.4. The summed E-state index contributed by atoms with van der Waals surface area (Å²) < 4.78 is 5.80. The van der Waals surface area contributed by atoms with E-state index in [-0.39, 0.29) is 0 Å². The molecule has 1 saturated heterocycles. The Morgan fingerprint density at radius 3 is 2.78 bits per heavy atom. The van der Waals surface area contributed by atoms with Crippen LogP contribution in [0, 0.1) is 12.8 Å². The molecule has 0 bridgehead atoms. The molecule has 0 atom stereocenters. The zero-order valence-electron chi connectivity index (χ0n) is 11.7. The quantitative estimate of drug-likeness (QED) is 0.861. The molecule has 0 radical (unpaired) electrons. The van der Waals surface area contributed by atoms with E-state index in [1.54, 1.807) is 0 Å². The fourth-order valence-electron chi connectivity index (χ4n) is 2.56. The van der Waals surface area contributed by atoms with E-state index in [0.717, 1.165) is 24.7 Å². The number of nitrogens with one attached hydrogen (secondary N) is 1. The van der Waals surface area contributed by atoms with Crippen molar-refractivity contribution < 1.29 is 4.74 Å². The second-order valence-corrected chi connectivity index (χ2v) is 5.35. The molecule has 1 aromatic rings. The summed E-state index contributed by atoms with van der Waals surface area (Å²) in [7, 11) is 0. The third-order valence-electron chi connectivity index (χ3n) is 3.70. The van der Waals surface area contributed by atoms with E-state index < -0.39 is 0 Å². The number of rotatable bonds is 5. The Morgan fingerprint density at radius 1 is 1.28 bits per heavy atom. The lowest BCUT2D eigenvalue weighted by Crippen LogP contribution is -2.28. The number of benzene rings is 1. The highest BCUT2D eigenvalue weighted by Gasteiger charge is 2.14. The van der Waals surface area contributed by atoms with Crippen molar-refractivity contribution in [2.45, 2.75) is 39.5 Å². The third-order valence-corrected chi connectivity index (χ3v) is 3.70. The number of aryl methyl sites for hydroxylation is 1. The van der Waals surface area contributed by atoms with Crippen molar-refractivity contribution in [3.63, 3.8) is 0 Å². The Morgan fingerprint density at radius 2 is 2.06 bits per heavy atom. The first-order chi connectivity index (χ1) is 8.79. The molecular formula is C16H25NO. The Balaban J connectivity index is 1.99. The maximum absolute atomic E-state index is 5.80. The van der Waals surface area contributed by atoms with Gasteiger partial charge in [0, 0.05) is 0 Å². The van der Waals surface area contributed by atoms with Gasteiger partial charge in [-0.1, -0.05) is 19.1 Å². The maximum atomic E-state index is 5.80. The van der Waals surface area contributed by atoms with Gasteiger partial charge in [0.2, 0.25) is 0 Å². The summed E-state index contributed by atoms with van der Waals surface area (Å²) >= 11 is 0. The Bertz CT molecular complexity index is 369. The van der Waals surface area contributed by atoms with Crippen LogP contribution in [-0.4, -0.2) is 19.7 Å². The van der Waals surface area contributed by atoms with Crippen molar-refractivity contribution >= 4 is 0 Å². The van der Waals surface area contributed by atoms with E-state index in [1.807, 2.05) is 0 Å². The molecule has 1 N–H and O–H groups in total. The Kier molecular flexibility index (Phi) is 5.06. The van der Waals surface area contributed by atoms with Gasteiger partial charge in [0.1, 0.15) is 5.75 Å². The van der Waals surface area contributed by atoms with E-state index in [4.69, 9.17) is 4.74 Å². The largest absolute Gasteiger partial charge is 0.493 e. The number of hydrogen-bond acceptors (Lipinski definition) is 2. The van der Waals surface area contributed by atoms with Crippen LogP contribution in [0.4, 0.5) is 0 Å². The molecule has 0 unspecified atom stereocenters. The predicted molar refractivity (Wildman–Crippen MR) is 76.3 cm³/mol. The van der Waals surface area contributed by atoms with Gasteiger partial charge in [-0.05, 0) is 68.8 Å². The van der Waals surface area contributed by atoms with Crippen LogP contribution in [0.2, 0.25) is 0 Å². The zero-order chi connectivity index (χ0) is 12.8. The summed E-state index contributed by atoms with van der Waals surface area (Å²) in [6.45, 7) is 7.44. The first-order valence-electron chi connectivity index (χ1n) is 7.22. The normalized spacial score (nSPS) is 16.8. The summed E-state index contributed by atoms with van der Waals surface area (Å²) in [4.78, 5) is 0. The minimum absolute atomic E-state index is 0.817. The summed E-state index contributed by atoms with van der Waals surface area (Å²) in [5, 5.41) is 3.42. The molecule has 0 amide bonds. The lowest BCUT2D eigenvalue weighted by atomic mass is 9.90. The lowest BCUT2D eigenvalue weighted by Gasteiger charge is -2.23. The van der Waals surface area contributed by atoms with Crippen molar-refractivity contribution in [1.29, 1.82) is 0 Å². The number of hydrogen-bond donors (Lipinski definition) is 1. The molecule has 0 saturated carbocycles. The average Bonchev–Trinajstić information content (AvgIpc) is 2.40. The van der Waals surface area contributed by atoms with Crippen LogP contribution >= 0.6 is 0 Å². The zero-order valence-corrected chi connectivity index (χ0v) is 11.7. The van der Waals surface area contributed by atoms with Crippen LogP contribution in [0.5, 0.6) is 5.75 Å². The van der Waals surface area contributed by atoms with Crippen LogP contribution in [0.3, 0.4) is 0 Å². The van der Waals surface area contributed by atoms with Gasteiger partial charge >= 0.3 is 0 Å². The summed E-state index contributed by atoms with van der Waals surface area (Å²) in [5.74, 6) is 1.91. The van der Waals surface area contributed by atoms with Gasteiger partial charge in [-0.25, -0.2) is 0 Å². The molecule has 1 fully saturated rings. The maximum Gasteiger partial charge on any atom is 0.122 e. The van der Waals surface area contributed by atoms with Crippen LogP contribution in [0.1, 0.15) is 37.3 Å². The topological polar surface area (TPSA) is 21.3 Å². The van der Waals surface area contributed by atoms with E-state index in [1.165, 1.54) is 43.5 Å². The van der Waals surface area contributed by atoms with Crippen LogP contribution in [0.25, 0.3) is 0 Å². The SMILES string of the molecule is CCCOc1cc(CC2CCNCC2)ccc1C. The number of ether oxygens (including phenoxy) is 1. The van der Waals surface area contributed by atoms with Crippen LogP contribution < -0.4 is 10.1 Å². The Hall–Kier alpha value is -1.02. The molecule has 0 spiro atoms. The second kappa shape index (κ2) is 6.79. The minimum atomic E-state index is 0.817. The van der Waals surface area contributed by atoms with Gasteiger partial charge in [0.05, 0.1) is 6.61 Å². The summed E-state index contributed by atoms with van der Waals surface area (Å²) in [6, 6.07) is 6.70. The molecule has 100 valence electrons. The monoisotopic (exact) mass is 247 g/mol. The van der Waals surface area contributed by atoms with E-state index in [2.05, 4.69) is 37.4 Å². The van der Waals surface area contributed by atoms with Crippen molar-refractivity contribution in [2.24, 2.45) is 5.92 Å². The second-order valence-electron chi connectivity index (χ2n) is 5.35. The molecule has 2 rings (SSSR count). The molecular weight excluding hydrogens is 222 g/mol. The van der Waals surface area contributed by atoms with Crippen molar-refractivity contribution in [1.82, 2.24) is 5.32 Å². The van der Waals surface area contributed by atoms with Gasteiger partial charge in [-0.2, -0.15) is 0 Å². The van der Waals surface area contributed by atoms with Gasteiger partial charge in [0.25, 0.3) is 0 Å². The fourth-order valence-corrected chi connectivity index (χ4v) is 2.56. The molecule has 2 heteroatoms. The molecule has 0 aromatic heterocycles. The van der Waals surface area contributed by atoms with Crippen molar-refractivity contribution in [2.75, 3.05) is 19.7 Å². The Labute approximate surface area is 111 Å². The number of piperidine rings is 1. The van der Waals surface area contributed by atoms with Gasteiger partial charge in [-0.15, -0.1) is 0 Å².